The number of hydrogen-bond donors (Lipinski definition) is 0. The second-order valence-corrected chi connectivity index (χ2v) is 3.39. The lowest BCUT2D eigenvalue weighted by atomic mass is 10.1. The summed E-state index contributed by atoms with van der Waals surface area (Å²) in [5.74, 6) is -0.577. The van der Waals surface area contributed by atoms with Crippen molar-refractivity contribution in [3.8, 4) is 0 Å². The SMILES string of the molecule is C=CC(OC(C)=O)c1cccc(C(F)(F)F)c1. The monoisotopic (exact) mass is 244 g/mol. The molecule has 0 bridgehead atoms. The highest BCUT2D eigenvalue weighted by atomic mass is 19.4. The Kier molecular flexibility index (Phi) is 3.93. The number of benzene rings is 1. The van der Waals surface area contributed by atoms with E-state index in [2.05, 4.69) is 6.58 Å². The standard InChI is InChI=1S/C12H11F3O2/c1-3-11(17-8(2)16)9-5-4-6-10(7-9)12(13,14)15/h3-7,11H,1H2,2H3. The summed E-state index contributed by atoms with van der Waals surface area (Å²) in [5.41, 5.74) is -0.543. The average Bonchev–Trinajstić information content (AvgIpc) is 2.24. The third-order valence-corrected chi connectivity index (χ3v) is 2.05. The summed E-state index contributed by atoms with van der Waals surface area (Å²) in [7, 11) is 0. The summed E-state index contributed by atoms with van der Waals surface area (Å²) in [5, 5.41) is 0. The lowest BCUT2D eigenvalue weighted by Gasteiger charge is -2.15. The van der Waals surface area contributed by atoms with Crippen molar-refractivity contribution >= 4 is 5.97 Å². The zero-order chi connectivity index (χ0) is 13.1. The molecule has 0 aliphatic heterocycles. The van der Waals surface area contributed by atoms with Crippen LogP contribution in [0.3, 0.4) is 0 Å². The molecule has 92 valence electrons. The molecule has 1 atom stereocenters. The number of carbonyl (C=O) groups excluding carboxylic acids is 1. The van der Waals surface area contributed by atoms with E-state index in [1.807, 2.05) is 0 Å². The van der Waals surface area contributed by atoms with Crippen LogP contribution < -0.4 is 0 Å². The zero-order valence-electron chi connectivity index (χ0n) is 9.12. The Morgan fingerprint density at radius 3 is 2.59 bits per heavy atom. The first-order valence-corrected chi connectivity index (χ1v) is 4.81. The number of carbonyl (C=O) groups is 1. The molecule has 0 amide bonds. The van der Waals surface area contributed by atoms with Crippen LogP contribution in [0.15, 0.2) is 36.9 Å². The van der Waals surface area contributed by atoms with E-state index in [-0.39, 0.29) is 5.56 Å². The van der Waals surface area contributed by atoms with Gasteiger partial charge in [0.25, 0.3) is 0 Å². The molecule has 1 rings (SSSR count). The van der Waals surface area contributed by atoms with Gasteiger partial charge in [-0.1, -0.05) is 18.7 Å². The van der Waals surface area contributed by atoms with Gasteiger partial charge in [-0.2, -0.15) is 13.2 Å². The lowest BCUT2D eigenvalue weighted by molar-refractivity contribution is -0.144. The Morgan fingerprint density at radius 2 is 2.12 bits per heavy atom. The van der Waals surface area contributed by atoms with Crippen molar-refractivity contribution in [2.75, 3.05) is 0 Å². The molecule has 0 saturated heterocycles. The van der Waals surface area contributed by atoms with Gasteiger partial charge in [0, 0.05) is 6.92 Å². The van der Waals surface area contributed by atoms with Crippen LogP contribution in [-0.2, 0) is 15.7 Å². The fourth-order valence-electron chi connectivity index (χ4n) is 1.32. The van der Waals surface area contributed by atoms with Gasteiger partial charge in [0.15, 0.2) is 0 Å². The number of alkyl halides is 3. The highest BCUT2D eigenvalue weighted by molar-refractivity contribution is 5.66. The molecule has 0 aliphatic carbocycles. The van der Waals surface area contributed by atoms with E-state index in [9.17, 15) is 18.0 Å². The minimum atomic E-state index is -4.42. The molecule has 1 unspecified atom stereocenters. The van der Waals surface area contributed by atoms with Crippen molar-refractivity contribution in [1.29, 1.82) is 0 Å². The summed E-state index contributed by atoms with van der Waals surface area (Å²) in [6.45, 7) is 4.61. The summed E-state index contributed by atoms with van der Waals surface area (Å²) in [4.78, 5) is 10.8. The topological polar surface area (TPSA) is 26.3 Å². The fourth-order valence-corrected chi connectivity index (χ4v) is 1.32. The first-order valence-electron chi connectivity index (χ1n) is 4.81. The van der Waals surface area contributed by atoms with Crippen molar-refractivity contribution in [3.05, 3.63) is 48.0 Å². The van der Waals surface area contributed by atoms with E-state index in [0.29, 0.717) is 0 Å². The number of hydrogen-bond acceptors (Lipinski definition) is 2. The Morgan fingerprint density at radius 1 is 1.47 bits per heavy atom. The molecular weight excluding hydrogens is 233 g/mol. The molecule has 0 aromatic heterocycles. The van der Waals surface area contributed by atoms with Crippen LogP contribution in [0.4, 0.5) is 13.2 Å². The smallest absolute Gasteiger partial charge is 0.416 e. The molecule has 0 spiro atoms. The normalized spacial score (nSPS) is 12.9. The van der Waals surface area contributed by atoms with Crippen LogP contribution in [0.1, 0.15) is 24.2 Å². The summed E-state index contributed by atoms with van der Waals surface area (Å²) in [6, 6.07) is 4.61. The fraction of sp³-hybridized carbons (Fsp3) is 0.250. The Hall–Kier alpha value is -1.78. The van der Waals surface area contributed by atoms with Crippen LogP contribution >= 0.6 is 0 Å². The summed E-state index contributed by atoms with van der Waals surface area (Å²) in [6.07, 6.45) is -4.01. The van der Waals surface area contributed by atoms with Gasteiger partial charge >= 0.3 is 12.1 Å². The van der Waals surface area contributed by atoms with E-state index in [1.54, 1.807) is 0 Å². The predicted molar refractivity (Wildman–Crippen MR) is 56.1 cm³/mol. The molecule has 0 radical (unpaired) electrons. The number of halogens is 3. The third-order valence-electron chi connectivity index (χ3n) is 2.05. The van der Waals surface area contributed by atoms with Gasteiger partial charge < -0.3 is 4.74 Å². The van der Waals surface area contributed by atoms with Gasteiger partial charge in [-0.05, 0) is 23.8 Å². The maximum absolute atomic E-state index is 12.5. The van der Waals surface area contributed by atoms with Crippen molar-refractivity contribution in [3.63, 3.8) is 0 Å². The van der Waals surface area contributed by atoms with Crippen molar-refractivity contribution in [1.82, 2.24) is 0 Å². The Balaban J connectivity index is 3.05. The first kappa shape index (κ1) is 13.3. The Labute approximate surface area is 96.7 Å². The highest BCUT2D eigenvalue weighted by Gasteiger charge is 2.31. The van der Waals surface area contributed by atoms with Crippen LogP contribution in [0.2, 0.25) is 0 Å². The molecule has 2 nitrogen and oxygen atoms in total. The predicted octanol–water partition coefficient (Wildman–Crippen LogP) is 3.50. The molecule has 0 saturated carbocycles. The van der Waals surface area contributed by atoms with Gasteiger partial charge in [0.1, 0.15) is 6.10 Å². The van der Waals surface area contributed by atoms with Gasteiger partial charge in [-0.3, -0.25) is 4.79 Å². The molecule has 1 aromatic carbocycles. The van der Waals surface area contributed by atoms with E-state index < -0.39 is 23.8 Å². The average molecular weight is 244 g/mol. The zero-order valence-corrected chi connectivity index (χ0v) is 9.12. The van der Waals surface area contributed by atoms with E-state index in [4.69, 9.17) is 4.74 Å². The summed E-state index contributed by atoms with van der Waals surface area (Å²) >= 11 is 0. The molecular formula is C12H11F3O2. The minimum absolute atomic E-state index is 0.241. The quantitative estimate of drug-likeness (QED) is 0.601. The number of ether oxygens (including phenoxy) is 1. The van der Waals surface area contributed by atoms with Crippen molar-refractivity contribution in [2.24, 2.45) is 0 Å². The van der Waals surface area contributed by atoms with E-state index in [0.717, 1.165) is 12.1 Å². The third kappa shape index (κ3) is 3.62. The number of rotatable bonds is 3. The van der Waals surface area contributed by atoms with Gasteiger partial charge in [0.05, 0.1) is 5.56 Å². The molecule has 0 aliphatic rings. The first-order chi connectivity index (χ1) is 7.84. The van der Waals surface area contributed by atoms with Gasteiger partial charge in [-0.25, -0.2) is 0 Å². The van der Waals surface area contributed by atoms with Crippen molar-refractivity contribution in [2.45, 2.75) is 19.2 Å². The van der Waals surface area contributed by atoms with E-state index >= 15 is 0 Å². The minimum Gasteiger partial charge on any atom is -0.453 e. The van der Waals surface area contributed by atoms with Gasteiger partial charge in [-0.15, -0.1) is 0 Å². The molecule has 0 heterocycles. The molecule has 1 aromatic rings. The highest BCUT2D eigenvalue weighted by Crippen LogP contribution is 2.31. The van der Waals surface area contributed by atoms with E-state index in [1.165, 1.54) is 25.1 Å². The van der Waals surface area contributed by atoms with Crippen LogP contribution in [0, 0.1) is 0 Å². The lowest BCUT2D eigenvalue weighted by Crippen LogP contribution is -2.09. The second kappa shape index (κ2) is 5.03. The van der Waals surface area contributed by atoms with Crippen molar-refractivity contribution < 1.29 is 22.7 Å². The second-order valence-electron chi connectivity index (χ2n) is 3.39. The molecule has 0 fully saturated rings. The maximum Gasteiger partial charge on any atom is 0.416 e. The Bertz CT molecular complexity index is 424. The largest absolute Gasteiger partial charge is 0.453 e. The van der Waals surface area contributed by atoms with Crippen LogP contribution in [0.5, 0.6) is 0 Å². The molecule has 0 N–H and O–H groups in total. The molecule has 5 heteroatoms. The number of esters is 1. The summed E-state index contributed by atoms with van der Waals surface area (Å²) < 4.78 is 42.2. The molecule has 17 heavy (non-hydrogen) atoms. The maximum atomic E-state index is 12.5. The van der Waals surface area contributed by atoms with Gasteiger partial charge in [0.2, 0.25) is 0 Å². The van der Waals surface area contributed by atoms with Crippen LogP contribution in [-0.4, -0.2) is 5.97 Å². The van der Waals surface area contributed by atoms with Crippen LogP contribution in [0.25, 0.3) is 0 Å².